The van der Waals surface area contributed by atoms with Crippen LogP contribution in [0.5, 0.6) is 0 Å². The van der Waals surface area contributed by atoms with Gasteiger partial charge in [0.25, 0.3) is 5.56 Å². The minimum Gasteiger partial charge on any atom is -0.393 e. The summed E-state index contributed by atoms with van der Waals surface area (Å²) < 4.78 is 3.63. The number of nitrogens with zero attached hydrogens (tertiary/aromatic N) is 2. The van der Waals surface area contributed by atoms with Gasteiger partial charge in [-0.05, 0) is 30.7 Å². The first-order valence-electron chi connectivity index (χ1n) is 8.08. The third kappa shape index (κ3) is 2.54. The van der Waals surface area contributed by atoms with Crippen LogP contribution in [0.25, 0.3) is 11.4 Å². The van der Waals surface area contributed by atoms with Gasteiger partial charge in [0.2, 0.25) is 0 Å². The molecule has 2 aromatic carbocycles. The molecular formula is C20H23N3O. The summed E-state index contributed by atoms with van der Waals surface area (Å²) >= 11 is 0. The van der Waals surface area contributed by atoms with E-state index in [0.717, 1.165) is 22.6 Å². The summed E-state index contributed by atoms with van der Waals surface area (Å²) in [6.45, 7) is 8.20. The first-order chi connectivity index (χ1) is 11.3. The van der Waals surface area contributed by atoms with E-state index in [1.54, 1.807) is 4.68 Å². The van der Waals surface area contributed by atoms with Crippen LogP contribution in [0.1, 0.15) is 32.0 Å². The lowest BCUT2D eigenvalue weighted by Crippen LogP contribution is -2.24. The van der Waals surface area contributed by atoms with Gasteiger partial charge < -0.3 is 5.73 Å². The molecular weight excluding hydrogens is 298 g/mol. The average molecular weight is 321 g/mol. The van der Waals surface area contributed by atoms with Crippen LogP contribution in [0, 0.1) is 6.92 Å². The van der Waals surface area contributed by atoms with Gasteiger partial charge in [0.05, 0.1) is 17.1 Å². The Morgan fingerprint density at radius 2 is 1.46 bits per heavy atom. The number of aryl methyl sites for hydroxylation is 1. The molecule has 0 saturated carbocycles. The van der Waals surface area contributed by atoms with Gasteiger partial charge in [0, 0.05) is 5.41 Å². The van der Waals surface area contributed by atoms with Crippen molar-refractivity contribution in [2.45, 2.75) is 33.1 Å². The van der Waals surface area contributed by atoms with Crippen LogP contribution in [0.3, 0.4) is 0 Å². The largest absolute Gasteiger partial charge is 0.393 e. The van der Waals surface area contributed by atoms with E-state index in [2.05, 4.69) is 20.8 Å². The molecule has 3 rings (SSSR count). The maximum atomic E-state index is 13.0. The smallest absolute Gasteiger partial charge is 0.295 e. The van der Waals surface area contributed by atoms with E-state index in [9.17, 15) is 4.79 Å². The summed E-state index contributed by atoms with van der Waals surface area (Å²) in [5.41, 5.74) is 9.71. The number of hydrogen-bond acceptors (Lipinski definition) is 2. The predicted molar refractivity (Wildman–Crippen MR) is 99.2 cm³/mol. The van der Waals surface area contributed by atoms with Crippen LogP contribution in [0.4, 0.5) is 5.69 Å². The highest BCUT2D eigenvalue weighted by molar-refractivity contribution is 5.54. The van der Waals surface area contributed by atoms with Crippen LogP contribution in [0.2, 0.25) is 0 Å². The van der Waals surface area contributed by atoms with Crippen molar-refractivity contribution >= 4 is 5.69 Å². The number of nitrogen functional groups attached to an aromatic ring is 1. The van der Waals surface area contributed by atoms with Gasteiger partial charge in [-0.15, -0.1) is 0 Å². The fourth-order valence-electron chi connectivity index (χ4n) is 3.07. The van der Waals surface area contributed by atoms with Crippen molar-refractivity contribution < 1.29 is 0 Å². The second-order valence-corrected chi connectivity index (χ2v) is 7.06. The van der Waals surface area contributed by atoms with Crippen LogP contribution < -0.4 is 11.3 Å². The molecule has 24 heavy (non-hydrogen) atoms. The minimum absolute atomic E-state index is 0.182. The molecule has 1 heterocycles. The summed E-state index contributed by atoms with van der Waals surface area (Å²) in [6.07, 6.45) is 0. The summed E-state index contributed by atoms with van der Waals surface area (Å²) in [4.78, 5) is 13.0. The Labute approximate surface area is 142 Å². The Morgan fingerprint density at radius 1 is 0.875 bits per heavy atom. The minimum atomic E-state index is -0.271. The second-order valence-electron chi connectivity index (χ2n) is 7.06. The molecule has 124 valence electrons. The highest BCUT2D eigenvalue weighted by Gasteiger charge is 2.29. The highest BCUT2D eigenvalue weighted by Crippen LogP contribution is 2.30. The second kappa shape index (κ2) is 5.71. The van der Waals surface area contributed by atoms with Crippen molar-refractivity contribution in [2.75, 3.05) is 5.73 Å². The number of hydrogen-bond donors (Lipinski definition) is 1. The van der Waals surface area contributed by atoms with Gasteiger partial charge in [-0.25, -0.2) is 9.36 Å². The van der Waals surface area contributed by atoms with Crippen molar-refractivity contribution in [2.24, 2.45) is 0 Å². The summed E-state index contributed by atoms with van der Waals surface area (Å²) in [7, 11) is 0. The molecule has 0 bridgehead atoms. The number of nitrogens with two attached hydrogens (primary N) is 1. The maximum Gasteiger partial charge on any atom is 0.295 e. The number of rotatable bonds is 2. The van der Waals surface area contributed by atoms with E-state index >= 15 is 0 Å². The molecule has 0 atom stereocenters. The molecule has 0 amide bonds. The SMILES string of the molecule is Cc1ccccc1-n1c(=O)c(N)c(C(C)(C)C)n1-c1ccccc1. The average Bonchev–Trinajstić information content (AvgIpc) is 2.81. The number of aromatic nitrogens is 2. The van der Waals surface area contributed by atoms with E-state index in [1.807, 2.05) is 66.2 Å². The van der Waals surface area contributed by atoms with Gasteiger partial charge >= 0.3 is 0 Å². The molecule has 0 aliphatic carbocycles. The lowest BCUT2D eigenvalue weighted by Gasteiger charge is -2.24. The Hall–Kier alpha value is -2.75. The standard InChI is InChI=1S/C20H23N3O/c1-14-10-8-9-13-16(14)23-19(24)17(21)18(20(2,3)4)22(23)15-11-6-5-7-12-15/h5-13H,21H2,1-4H3. The Kier molecular flexibility index (Phi) is 3.84. The number of para-hydroxylation sites is 2. The molecule has 0 unspecified atom stereocenters. The monoisotopic (exact) mass is 321 g/mol. The van der Waals surface area contributed by atoms with Crippen LogP contribution in [-0.4, -0.2) is 9.36 Å². The first kappa shape index (κ1) is 16.1. The van der Waals surface area contributed by atoms with Crippen LogP contribution in [-0.2, 0) is 5.41 Å². The molecule has 4 nitrogen and oxygen atoms in total. The summed E-state index contributed by atoms with van der Waals surface area (Å²) in [5.74, 6) is 0. The maximum absolute atomic E-state index is 13.0. The molecule has 2 N–H and O–H groups in total. The fourth-order valence-corrected chi connectivity index (χ4v) is 3.07. The topological polar surface area (TPSA) is 52.9 Å². The van der Waals surface area contributed by atoms with Crippen LogP contribution >= 0.6 is 0 Å². The molecule has 0 aliphatic rings. The Bertz CT molecular complexity index is 928. The Balaban J connectivity index is 2.47. The van der Waals surface area contributed by atoms with Gasteiger partial charge in [-0.3, -0.25) is 4.79 Å². The fraction of sp³-hybridized carbons (Fsp3) is 0.250. The van der Waals surface area contributed by atoms with E-state index in [-0.39, 0.29) is 11.0 Å². The first-order valence-corrected chi connectivity index (χ1v) is 8.08. The highest BCUT2D eigenvalue weighted by atomic mass is 16.1. The lowest BCUT2D eigenvalue weighted by molar-refractivity contribution is 0.529. The van der Waals surface area contributed by atoms with Gasteiger partial charge in [0.15, 0.2) is 0 Å². The van der Waals surface area contributed by atoms with E-state index < -0.39 is 0 Å². The van der Waals surface area contributed by atoms with Crippen molar-refractivity contribution in [1.82, 2.24) is 9.36 Å². The van der Waals surface area contributed by atoms with Crippen molar-refractivity contribution in [3.8, 4) is 11.4 Å². The summed E-state index contributed by atoms with van der Waals surface area (Å²) in [6, 6.07) is 17.7. The number of anilines is 1. The summed E-state index contributed by atoms with van der Waals surface area (Å²) in [5, 5.41) is 0. The molecule has 1 aromatic heterocycles. The van der Waals surface area contributed by atoms with Gasteiger partial charge in [-0.2, -0.15) is 0 Å². The quantitative estimate of drug-likeness (QED) is 0.780. The molecule has 0 aliphatic heterocycles. The predicted octanol–water partition coefficient (Wildman–Crippen LogP) is 3.82. The van der Waals surface area contributed by atoms with Gasteiger partial charge in [0.1, 0.15) is 5.69 Å². The third-order valence-corrected chi connectivity index (χ3v) is 4.14. The zero-order valence-corrected chi connectivity index (χ0v) is 14.6. The zero-order chi connectivity index (χ0) is 17.5. The van der Waals surface area contributed by atoms with Gasteiger partial charge in [-0.1, -0.05) is 57.2 Å². The zero-order valence-electron chi connectivity index (χ0n) is 14.6. The number of benzene rings is 2. The lowest BCUT2D eigenvalue weighted by atomic mass is 9.91. The Morgan fingerprint density at radius 3 is 2.04 bits per heavy atom. The van der Waals surface area contributed by atoms with E-state index in [4.69, 9.17) is 5.73 Å². The van der Waals surface area contributed by atoms with Crippen molar-refractivity contribution in [1.29, 1.82) is 0 Å². The molecule has 0 saturated heterocycles. The molecule has 0 spiro atoms. The normalized spacial score (nSPS) is 11.7. The molecule has 0 radical (unpaired) electrons. The van der Waals surface area contributed by atoms with Crippen LogP contribution in [0.15, 0.2) is 59.4 Å². The van der Waals surface area contributed by atoms with Crippen molar-refractivity contribution in [3.05, 3.63) is 76.2 Å². The van der Waals surface area contributed by atoms with E-state index in [0.29, 0.717) is 5.69 Å². The third-order valence-electron chi connectivity index (χ3n) is 4.14. The van der Waals surface area contributed by atoms with Crippen molar-refractivity contribution in [3.63, 3.8) is 0 Å². The molecule has 0 fully saturated rings. The molecule has 3 aromatic rings. The molecule has 4 heteroatoms. The van der Waals surface area contributed by atoms with E-state index in [1.165, 1.54) is 0 Å².